The Morgan fingerprint density at radius 1 is 0.952 bits per heavy atom. The summed E-state index contributed by atoms with van der Waals surface area (Å²) in [5.41, 5.74) is 7.20. The van der Waals surface area contributed by atoms with Crippen LogP contribution in [0.3, 0.4) is 0 Å². The molecule has 2 atom stereocenters. The first kappa shape index (κ1) is 14.1. The van der Waals surface area contributed by atoms with Crippen LogP contribution in [0.5, 0.6) is 0 Å². The Morgan fingerprint density at radius 3 is 2.43 bits per heavy atom. The third-order valence-corrected chi connectivity index (χ3v) is 4.89. The molecule has 0 spiro atoms. The minimum atomic E-state index is 0.0383. The van der Waals surface area contributed by atoms with E-state index in [1.165, 1.54) is 15.7 Å². The van der Waals surface area contributed by atoms with Gasteiger partial charge >= 0.3 is 0 Å². The van der Waals surface area contributed by atoms with Crippen molar-refractivity contribution in [3.63, 3.8) is 0 Å². The minimum Gasteiger partial charge on any atom is -0.327 e. The zero-order valence-electron chi connectivity index (χ0n) is 11.9. The van der Waals surface area contributed by atoms with Gasteiger partial charge in [-0.05, 0) is 42.0 Å². The fourth-order valence-corrected chi connectivity index (χ4v) is 3.48. The van der Waals surface area contributed by atoms with Crippen LogP contribution in [0.4, 0.5) is 0 Å². The molecular weight excluding hydrogens is 276 g/mol. The van der Waals surface area contributed by atoms with E-state index in [2.05, 4.69) is 47.4 Å². The third kappa shape index (κ3) is 3.26. The fourth-order valence-electron chi connectivity index (χ4n) is 2.37. The summed E-state index contributed by atoms with van der Waals surface area (Å²) < 4.78 is 0. The van der Waals surface area contributed by atoms with Gasteiger partial charge in [0.1, 0.15) is 0 Å². The molecule has 0 aliphatic rings. The lowest BCUT2D eigenvalue weighted by Crippen LogP contribution is -2.23. The summed E-state index contributed by atoms with van der Waals surface area (Å²) in [7, 11) is 0. The number of rotatable bonds is 4. The largest absolute Gasteiger partial charge is 0.327 e. The SMILES string of the molecule is CC(N)C(Sc1ccc2ccccc2c1)c1ccccn1. The number of benzene rings is 2. The number of fused-ring (bicyclic) bond motifs is 1. The summed E-state index contributed by atoms with van der Waals surface area (Å²) in [6.45, 7) is 2.04. The van der Waals surface area contributed by atoms with Crippen molar-refractivity contribution < 1.29 is 0 Å². The zero-order chi connectivity index (χ0) is 14.7. The molecule has 2 nitrogen and oxygen atoms in total. The predicted octanol–water partition coefficient (Wildman–Crippen LogP) is 4.42. The Bertz CT molecular complexity index is 725. The van der Waals surface area contributed by atoms with Crippen LogP contribution in [0.1, 0.15) is 17.9 Å². The smallest absolute Gasteiger partial charge is 0.0665 e. The highest BCUT2D eigenvalue weighted by atomic mass is 32.2. The van der Waals surface area contributed by atoms with Crippen molar-refractivity contribution in [3.05, 3.63) is 72.6 Å². The molecule has 106 valence electrons. The molecule has 0 amide bonds. The van der Waals surface area contributed by atoms with E-state index in [0.717, 1.165) is 5.69 Å². The molecule has 21 heavy (non-hydrogen) atoms. The minimum absolute atomic E-state index is 0.0383. The fraction of sp³-hybridized carbons (Fsp3) is 0.167. The Balaban J connectivity index is 1.91. The number of hydrogen-bond donors (Lipinski definition) is 1. The Hall–Kier alpha value is -1.84. The third-order valence-electron chi connectivity index (χ3n) is 3.44. The molecule has 3 rings (SSSR count). The van der Waals surface area contributed by atoms with E-state index < -0.39 is 0 Å². The standard InChI is InChI=1S/C18H18N2S/c1-13(19)18(17-8-4-5-11-20-17)21-16-10-9-14-6-2-3-7-15(14)12-16/h2-13,18H,19H2,1H3. The molecule has 0 fully saturated rings. The zero-order valence-corrected chi connectivity index (χ0v) is 12.8. The molecule has 0 saturated carbocycles. The van der Waals surface area contributed by atoms with Crippen LogP contribution in [-0.2, 0) is 0 Å². The van der Waals surface area contributed by atoms with Crippen LogP contribution >= 0.6 is 11.8 Å². The Morgan fingerprint density at radius 2 is 1.71 bits per heavy atom. The van der Waals surface area contributed by atoms with Gasteiger partial charge in [0.25, 0.3) is 0 Å². The number of aromatic nitrogens is 1. The van der Waals surface area contributed by atoms with Gasteiger partial charge in [-0.2, -0.15) is 0 Å². The van der Waals surface area contributed by atoms with Gasteiger partial charge in [0, 0.05) is 17.1 Å². The molecule has 3 heteroatoms. The van der Waals surface area contributed by atoms with Gasteiger partial charge in [0.15, 0.2) is 0 Å². The summed E-state index contributed by atoms with van der Waals surface area (Å²) in [5.74, 6) is 0. The lowest BCUT2D eigenvalue weighted by molar-refractivity contribution is 0.705. The average Bonchev–Trinajstić information content (AvgIpc) is 2.53. The number of hydrogen-bond acceptors (Lipinski definition) is 3. The van der Waals surface area contributed by atoms with E-state index in [-0.39, 0.29) is 11.3 Å². The van der Waals surface area contributed by atoms with Crippen LogP contribution in [0.15, 0.2) is 71.8 Å². The maximum Gasteiger partial charge on any atom is 0.0665 e. The van der Waals surface area contributed by atoms with Crippen LogP contribution in [0.2, 0.25) is 0 Å². The van der Waals surface area contributed by atoms with Gasteiger partial charge in [-0.15, -0.1) is 11.8 Å². The van der Waals surface area contributed by atoms with Gasteiger partial charge < -0.3 is 5.73 Å². The van der Waals surface area contributed by atoms with Gasteiger partial charge in [-0.3, -0.25) is 4.98 Å². The number of nitrogens with zero attached hydrogens (tertiary/aromatic N) is 1. The van der Waals surface area contributed by atoms with Crippen molar-refractivity contribution in [1.82, 2.24) is 4.98 Å². The van der Waals surface area contributed by atoms with Gasteiger partial charge in [-0.1, -0.05) is 36.4 Å². The summed E-state index contributed by atoms with van der Waals surface area (Å²) in [4.78, 5) is 5.68. The molecule has 1 heterocycles. The molecule has 2 unspecified atom stereocenters. The van der Waals surface area contributed by atoms with Crippen molar-refractivity contribution in [2.75, 3.05) is 0 Å². The topological polar surface area (TPSA) is 38.9 Å². The summed E-state index contributed by atoms with van der Waals surface area (Å²) in [6.07, 6.45) is 1.83. The second-order valence-electron chi connectivity index (χ2n) is 5.16. The van der Waals surface area contributed by atoms with Crippen molar-refractivity contribution >= 4 is 22.5 Å². The number of pyridine rings is 1. The quantitative estimate of drug-likeness (QED) is 0.724. The lowest BCUT2D eigenvalue weighted by atomic mass is 10.1. The van der Waals surface area contributed by atoms with Crippen LogP contribution < -0.4 is 5.73 Å². The van der Waals surface area contributed by atoms with E-state index >= 15 is 0 Å². The maximum absolute atomic E-state index is 6.17. The predicted molar refractivity (Wildman–Crippen MR) is 90.4 cm³/mol. The first-order valence-electron chi connectivity index (χ1n) is 7.06. The van der Waals surface area contributed by atoms with Crippen LogP contribution in [0.25, 0.3) is 10.8 Å². The Labute approximate surface area is 129 Å². The van der Waals surface area contributed by atoms with Crippen molar-refractivity contribution in [3.8, 4) is 0 Å². The highest BCUT2D eigenvalue weighted by Crippen LogP contribution is 2.37. The molecule has 0 saturated heterocycles. The molecule has 1 aromatic heterocycles. The average molecular weight is 294 g/mol. The van der Waals surface area contributed by atoms with Crippen LogP contribution in [0, 0.1) is 0 Å². The molecule has 3 aromatic rings. The second-order valence-corrected chi connectivity index (χ2v) is 6.38. The first-order valence-corrected chi connectivity index (χ1v) is 7.94. The summed E-state index contributed by atoms with van der Waals surface area (Å²) in [5, 5.41) is 2.68. The highest BCUT2D eigenvalue weighted by molar-refractivity contribution is 7.99. The molecule has 0 aliphatic heterocycles. The second kappa shape index (κ2) is 6.29. The van der Waals surface area contributed by atoms with E-state index in [1.807, 2.05) is 31.3 Å². The molecular formula is C18H18N2S. The molecule has 0 radical (unpaired) electrons. The summed E-state index contributed by atoms with van der Waals surface area (Å²) in [6, 6.07) is 21.0. The van der Waals surface area contributed by atoms with Crippen LogP contribution in [-0.4, -0.2) is 11.0 Å². The maximum atomic E-state index is 6.17. The van der Waals surface area contributed by atoms with Gasteiger partial charge in [0.2, 0.25) is 0 Å². The number of nitrogens with two attached hydrogens (primary N) is 1. The van der Waals surface area contributed by atoms with E-state index in [1.54, 1.807) is 11.8 Å². The Kier molecular flexibility index (Phi) is 4.23. The van der Waals surface area contributed by atoms with E-state index in [4.69, 9.17) is 5.73 Å². The molecule has 2 N–H and O–H groups in total. The van der Waals surface area contributed by atoms with Gasteiger partial charge in [-0.25, -0.2) is 0 Å². The lowest BCUT2D eigenvalue weighted by Gasteiger charge is -2.20. The highest BCUT2D eigenvalue weighted by Gasteiger charge is 2.18. The number of thioether (sulfide) groups is 1. The molecule has 0 aliphatic carbocycles. The van der Waals surface area contributed by atoms with Crippen molar-refractivity contribution in [1.29, 1.82) is 0 Å². The van der Waals surface area contributed by atoms with E-state index in [9.17, 15) is 0 Å². The van der Waals surface area contributed by atoms with Gasteiger partial charge in [0.05, 0.1) is 10.9 Å². The monoisotopic (exact) mass is 294 g/mol. The van der Waals surface area contributed by atoms with E-state index in [0.29, 0.717) is 0 Å². The molecule has 2 aromatic carbocycles. The van der Waals surface area contributed by atoms with Crippen molar-refractivity contribution in [2.24, 2.45) is 5.73 Å². The molecule has 0 bridgehead atoms. The first-order chi connectivity index (χ1) is 10.2. The summed E-state index contributed by atoms with van der Waals surface area (Å²) >= 11 is 1.78. The normalized spacial score (nSPS) is 14.0. The van der Waals surface area contributed by atoms with Crippen molar-refractivity contribution in [2.45, 2.75) is 23.1 Å².